The Balaban J connectivity index is 2.02. The highest BCUT2D eigenvalue weighted by atomic mass is 14.9. The Kier molecular flexibility index (Phi) is 2.29. The lowest BCUT2D eigenvalue weighted by Crippen LogP contribution is -2.26. The smallest absolute Gasteiger partial charge is 0.0924 e. The van der Waals surface area contributed by atoms with Gasteiger partial charge in [0.05, 0.1) is 12.1 Å². The van der Waals surface area contributed by atoms with Gasteiger partial charge in [-0.1, -0.05) is 6.92 Å². The van der Waals surface area contributed by atoms with E-state index < -0.39 is 0 Å². The molecule has 3 unspecified atom stereocenters. The van der Waals surface area contributed by atoms with Crippen LogP contribution in [0, 0.1) is 23.2 Å². The summed E-state index contributed by atoms with van der Waals surface area (Å²) < 4.78 is 0. The summed E-state index contributed by atoms with van der Waals surface area (Å²) in [4.78, 5) is 0. The van der Waals surface area contributed by atoms with Crippen LogP contribution in [0.1, 0.15) is 20.3 Å². The zero-order chi connectivity index (χ0) is 7.56. The number of nitriles is 1. The summed E-state index contributed by atoms with van der Waals surface area (Å²) in [5.41, 5.74) is 0. The van der Waals surface area contributed by atoms with Crippen molar-refractivity contribution in [3.05, 3.63) is 0 Å². The first-order valence-electron chi connectivity index (χ1n) is 3.87. The van der Waals surface area contributed by atoms with Crippen molar-refractivity contribution in [3.8, 4) is 6.07 Å². The second-order valence-electron chi connectivity index (χ2n) is 3.23. The number of hydrogen-bond donors (Lipinski definition) is 1. The van der Waals surface area contributed by atoms with Crippen molar-refractivity contribution in [2.75, 3.05) is 6.54 Å². The highest BCUT2D eigenvalue weighted by Crippen LogP contribution is 2.36. The fourth-order valence-corrected chi connectivity index (χ4v) is 1.06. The Morgan fingerprint density at radius 3 is 2.80 bits per heavy atom. The summed E-state index contributed by atoms with van der Waals surface area (Å²) in [7, 11) is 0. The second-order valence-corrected chi connectivity index (χ2v) is 3.23. The first-order chi connectivity index (χ1) is 4.74. The number of rotatable bonds is 3. The molecule has 0 saturated heterocycles. The molecule has 10 heavy (non-hydrogen) atoms. The lowest BCUT2D eigenvalue weighted by atomic mass is 10.3. The first kappa shape index (κ1) is 7.56. The summed E-state index contributed by atoms with van der Waals surface area (Å²) in [6, 6.07) is 2.17. The van der Waals surface area contributed by atoms with Gasteiger partial charge in [-0.2, -0.15) is 5.26 Å². The maximum Gasteiger partial charge on any atom is 0.0924 e. The zero-order valence-corrected chi connectivity index (χ0v) is 6.59. The molecule has 1 rings (SSSR count). The monoisotopic (exact) mass is 138 g/mol. The molecule has 0 aromatic heterocycles. The van der Waals surface area contributed by atoms with Crippen molar-refractivity contribution < 1.29 is 0 Å². The Morgan fingerprint density at radius 1 is 1.80 bits per heavy atom. The van der Waals surface area contributed by atoms with Gasteiger partial charge in [-0.3, -0.25) is 0 Å². The van der Waals surface area contributed by atoms with Gasteiger partial charge in [0, 0.05) is 0 Å². The van der Waals surface area contributed by atoms with Gasteiger partial charge in [0.15, 0.2) is 0 Å². The molecule has 0 amide bonds. The molecular weight excluding hydrogens is 124 g/mol. The summed E-state index contributed by atoms with van der Waals surface area (Å²) >= 11 is 0. The lowest BCUT2D eigenvalue weighted by molar-refractivity contribution is 0.582. The molecule has 2 heteroatoms. The number of nitrogens with one attached hydrogen (secondary N) is 1. The third-order valence-corrected chi connectivity index (χ3v) is 2.16. The molecule has 0 aromatic rings. The van der Waals surface area contributed by atoms with Crippen molar-refractivity contribution in [2.45, 2.75) is 26.3 Å². The summed E-state index contributed by atoms with van der Waals surface area (Å²) in [5, 5.41) is 11.6. The quantitative estimate of drug-likeness (QED) is 0.635. The van der Waals surface area contributed by atoms with Gasteiger partial charge in [-0.25, -0.2) is 0 Å². The highest BCUT2D eigenvalue weighted by molar-refractivity contribution is 4.90. The van der Waals surface area contributed by atoms with Gasteiger partial charge >= 0.3 is 0 Å². The fraction of sp³-hybridized carbons (Fsp3) is 0.875. The minimum atomic E-state index is 0.0211. The molecular formula is C8H14N2. The van der Waals surface area contributed by atoms with Crippen LogP contribution in [0.5, 0.6) is 0 Å². The fourth-order valence-electron chi connectivity index (χ4n) is 1.06. The molecule has 0 heterocycles. The van der Waals surface area contributed by atoms with Crippen molar-refractivity contribution in [1.29, 1.82) is 5.26 Å². The van der Waals surface area contributed by atoms with E-state index >= 15 is 0 Å². The molecule has 0 spiro atoms. The van der Waals surface area contributed by atoms with E-state index in [9.17, 15) is 0 Å². The van der Waals surface area contributed by atoms with Crippen LogP contribution in [-0.2, 0) is 0 Å². The first-order valence-corrected chi connectivity index (χ1v) is 3.87. The molecule has 0 aromatic carbocycles. The van der Waals surface area contributed by atoms with Crippen molar-refractivity contribution in [2.24, 2.45) is 11.8 Å². The third-order valence-electron chi connectivity index (χ3n) is 2.16. The van der Waals surface area contributed by atoms with Crippen LogP contribution >= 0.6 is 0 Å². The predicted molar refractivity (Wildman–Crippen MR) is 40.3 cm³/mol. The van der Waals surface area contributed by atoms with E-state index in [0.717, 1.165) is 18.4 Å². The minimum Gasteiger partial charge on any atom is -0.302 e. The number of hydrogen-bond acceptors (Lipinski definition) is 2. The Bertz CT molecular complexity index is 148. The van der Waals surface area contributed by atoms with Gasteiger partial charge in [0.2, 0.25) is 0 Å². The topological polar surface area (TPSA) is 35.8 Å². The average Bonchev–Trinajstić information content (AvgIpc) is 2.61. The normalized spacial score (nSPS) is 32.9. The third kappa shape index (κ3) is 2.00. The maximum atomic E-state index is 8.42. The number of nitrogens with zero attached hydrogens (tertiary/aromatic N) is 1. The van der Waals surface area contributed by atoms with E-state index in [-0.39, 0.29) is 6.04 Å². The maximum absolute atomic E-state index is 8.42. The molecule has 0 radical (unpaired) electrons. The van der Waals surface area contributed by atoms with E-state index in [2.05, 4.69) is 18.3 Å². The Morgan fingerprint density at radius 2 is 2.40 bits per heavy atom. The Hall–Kier alpha value is -0.550. The van der Waals surface area contributed by atoms with Gasteiger partial charge in [0.25, 0.3) is 0 Å². The van der Waals surface area contributed by atoms with E-state index in [1.807, 2.05) is 6.92 Å². The second kappa shape index (κ2) is 3.03. The molecule has 3 atom stereocenters. The summed E-state index contributed by atoms with van der Waals surface area (Å²) in [6.07, 6.45) is 1.34. The van der Waals surface area contributed by atoms with Crippen LogP contribution in [0.25, 0.3) is 0 Å². The van der Waals surface area contributed by atoms with E-state index in [0.29, 0.717) is 0 Å². The van der Waals surface area contributed by atoms with Crippen LogP contribution in [0.15, 0.2) is 0 Å². The summed E-state index contributed by atoms with van der Waals surface area (Å²) in [6.45, 7) is 5.17. The SMILES string of the molecule is CC(C#N)NCC1CC1C. The van der Waals surface area contributed by atoms with E-state index in [1.54, 1.807) is 0 Å². The van der Waals surface area contributed by atoms with Crippen LogP contribution in [0.2, 0.25) is 0 Å². The van der Waals surface area contributed by atoms with Crippen LogP contribution < -0.4 is 5.32 Å². The predicted octanol–water partition coefficient (Wildman–Crippen LogP) is 1.14. The standard InChI is InChI=1S/C8H14N2/c1-6-3-8(6)5-10-7(2)4-9/h6-8,10H,3,5H2,1-2H3. The highest BCUT2D eigenvalue weighted by Gasteiger charge is 2.31. The van der Waals surface area contributed by atoms with Crippen molar-refractivity contribution in [1.82, 2.24) is 5.32 Å². The Labute approximate surface area is 62.2 Å². The lowest BCUT2D eigenvalue weighted by Gasteiger charge is -2.03. The molecule has 56 valence electrons. The van der Waals surface area contributed by atoms with Gasteiger partial charge in [-0.05, 0) is 31.7 Å². The van der Waals surface area contributed by atoms with Crippen molar-refractivity contribution >= 4 is 0 Å². The zero-order valence-electron chi connectivity index (χ0n) is 6.59. The molecule has 1 aliphatic rings. The van der Waals surface area contributed by atoms with E-state index in [4.69, 9.17) is 5.26 Å². The van der Waals surface area contributed by atoms with Gasteiger partial charge in [0.1, 0.15) is 0 Å². The van der Waals surface area contributed by atoms with E-state index in [1.165, 1.54) is 6.42 Å². The van der Waals surface area contributed by atoms with Crippen LogP contribution in [-0.4, -0.2) is 12.6 Å². The molecule has 0 aliphatic heterocycles. The molecule has 0 bridgehead atoms. The minimum absolute atomic E-state index is 0.0211. The molecule has 1 N–H and O–H groups in total. The summed E-state index contributed by atoms with van der Waals surface area (Å²) in [5.74, 6) is 1.73. The van der Waals surface area contributed by atoms with Gasteiger partial charge < -0.3 is 5.32 Å². The molecule has 1 fully saturated rings. The van der Waals surface area contributed by atoms with Gasteiger partial charge in [-0.15, -0.1) is 0 Å². The largest absolute Gasteiger partial charge is 0.302 e. The average molecular weight is 138 g/mol. The molecule has 1 aliphatic carbocycles. The van der Waals surface area contributed by atoms with Crippen molar-refractivity contribution in [3.63, 3.8) is 0 Å². The molecule has 2 nitrogen and oxygen atoms in total. The molecule has 1 saturated carbocycles. The van der Waals surface area contributed by atoms with Crippen LogP contribution in [0.3, 0.4) is 0 Å². The van der Waals surface area contributed by atoms with Crippen LogP contribution in [0.4, 0.5) is 0 Å².